The lowest BCUT2D eigenvalue weighted by molar-refractivity contribution is -0.125. The molecular weight excluding hydrogens is 346 g/mol. The molecule has 1 aromatic carbocycles. The van der Waals surface area contributed by atoms with E-state index in [4.69, 9.17) is 4.52 Å². The fourth-order valence-corrected chi connectivity index (χ4v) is 4.46. The Morgan fingerprint density at radius 2 is 1.92 bits per heavy atom. The zero-order chi connectivity index (χ0) is 18.0. The summed E-state index contributed by atoms with van der Waals surface area (Å²) in [5.74, 6) is -1.65. The summed E-state index contributed by atoms with van der Waals surface area (Å²) >= 11 is 0. The predicted molar refractivity (Wildman–Crippen MR) is 89.0 cm³/mol. The summed E-state index contributed by atoms with van der Waals surface area (Å²) in [5.41, 5.74) is 5.88. The highest BCUT2D eigenvalue weighted by Crippen LogP contribution is 2.24. The van der Waals surface area contributed by atoms with E-state index in [2.05, 4.69) is 16.0 Å². The minimum atomic E-state index is -3.17. The maximum absolute atomic E-state index is 12.4. The first-order chi connectivity index (χ1) is 11.9. The molecule has 8 nitrogen and oxygen atoms in total. The number of hydrazine groups is 1. The molecule has 2 heterocycles. The molecule has 1 atom stereocenters. The molecule has 2 amide bonds. The predicted octanol–water partition coefficient (Wildman–Crippen LogP) is 0.846. The fourth-order valence-electron chi connectivity index (χ4n) is 2.72. The number of hydrogen-bond acceptors (Lipinski definition) is 6. The zero-order valence-electron chi connectivity index (χ0n) is 13.5. The number of nitrogens with one attached hydrogen (secondary N) is 2. The largest absolute Gasteiger partial charge is 0.360 e. The lowest BCUT2D eigenvalue weighted by Crippen LogP contribution is -2.45. The van der Waals surface area contributed by atoms with Crippen LogP contribution in [0.25, 0.3) is 11.3 Å². The average Bonchev–Trinajstić information content (AvgIpc) is 3.15. The number of hydrogen-bond donors (Lipinski definition) is 2. The van der Waals surface area contributed by atoms with Gasteiger partial charge < -0.3 is 4.52 Å². The summed E-state index contributed by atoms with van der Waals surface area (Å²) in [6.45, 7) is 1.60. The maximum Gasteiger partial charge on any atom is 0.275 e. The van der Waals surface area contributed by atoms with Crippen LogP contribution in [0, 0.1) is 12.8 Å². The second-order valence-corrected chi connectivity index (χ2v) is 8.10. The van der Waals surface area contributed by atoms with E-state index in [0.29, 0.717) is 17.0 Å². The van der Waals surface area contributed by atoms with Crippen LogP contribution in [0.2, 0.25) is 0 Å². The molecule has 25 heavy (non-hydrogen) atoms. The van der Waals surface area contributed by atoms with Crippen molar-refractivity contribution in [2.45, 2.75) is 13.3 Å². The Labute approximate surface area is 144 Å². The molecular formula is C16H17N3O5S. The molecule has 0 unspecified atom stereocenters. The van der Waals surface area contributed by atoms with Gasteiger partial charge in [0.05, 0.1) is 17.4 Å². The first-order valence-corrected chi connectivity index (χ1v) is 9.52. The number of aromatic nitrogens is 1. The van der Waals surface area contributed by atoms with Gasteiger partial charge in [0.1, 0.15) is 17.0 Å². The number of rotatable bonds is 3. The fraction of sp³-hybridized carbons (Fsp3) is 0.312. The van der Waals surface area contributed by atoms with Crippen molar-refractivity contribution < 1.29 is 22.5 Å². The van der Waals surface area contributed by atoms with Crippen LogP contribution in [0.1, 0.15) is 22.5 Å². The minimum Gasteiger partial charge on any atom is -0.360 e. The van der Waals surface area contributed by atoms with Crippen molar-refractivity contribution in [2.75, 3.05) is 11.5 Å². The first kappa shape index (κ1) is 17.2. The lowest BCUT2D eigenvalue weighted by Gasteiger charge is -2.10. The van der Waals surface area contributed by atoms with Crippen LogP contribution in [0.4, 0.5) is 0 Å². The molecule has 9 heteroatoms. The topological polar surface area (TPSA) is 118 Å². The number of amides is 2. The Bertz CT molecular complexity index is 905. The summed E-state index contributed by atoms with van der Waals surface area (Å²) < 4.78 is 28.0. The highest BCUT2D eigenvalue weighted by Gasteiger charge is 2.33. The highest BCUT2D eigenvalue weighted by molar-refractivity contribution is 7.91. The molecule has 0 spiro atoms. The Hall–Kier alpha value is -2.68. The molecule has 2 N–H and O–H groups in total. The van der Waals surface area contributed by atoms with Crippen molar-refractivity contribution in [2.24, 2.45) is 5.92 Å². The quantitative estimate of drug-likeness (QED) is 0.780. The molecule has 1 fully saturated rings. The summed E-state index contributed by atoms with van der Waals surface area (Å²) in [6, 6.07) is 9.03. The van der Waals surface area contributed by atoms with Crippen molar-refractivity contribution >= 4 is 21.7 Å². The number of benzene rings is 1. The first-order valence-electron chi connectivity index (χ1n) is 7.70. The van der Waals surface area contributed by atoms with E-state index in [1.807, 2.05) is 18.2 Å². The van der Waals surface area contributed by atoms with Crippen molar-refractivity contribution in [3.63, 3.8) is 0 Å². The molecule has 0 saturated carbocycles. The van der Waals surface area contributed by atoms with Crippen LogP contribution in [0.15, 0.2) is 34.9 Å². The monoisotopic (exact) mass is 363 g/mol. The Kier molecular flexibility index (Phi) is 4.58. The molecule has 2 aromatic rings. The van der Waals surface area contributed by atoms with Crippen molar-refractivity contribution in [1.29, 1.82) is 0 Å². The van der Waals surface area contributed by atoms with Crippen LogP contribution in [-0.4, -0.2) is 36.9 Å². The zero-order valence-corrected chi connectivity index (χ0v) is 14.3. The van der Waals surface area contributed by atoms with Gasteiger partial charge in [-0.05, 0) is 13.3 Å². The van der Waals surface area contributed by atoms with Gasteiger partial charge in [-0.15, -0.1) is 0 Å². The number of nitrogens with zero attached hydrogens (tertiary/aromatic N) is 1. The smallest absolute Gasteiger partial charge is 0.275 e. The molecule has 1 aromatic heterocycles. The van der Waals surface area contributed by atoms with Gasteiger partial charge in [0.2, 0.25) is 5.91 Å². The second-order valence-electron chi connectivity index (χ2n) is 5.87. The van der Waals surface area contributed by atoms with Crippen LogP contribution in [-0.2, 0) is 14.6 Å². The standard InChI is InChI=1S/C16H17N3O5S/c1-10-13(14(19-24-10)11-5-3-2-4-6-11)16(21)18-17-15(20)12-7-8-25(22,23)9-12/h2-6,12H,7-9H2,1H3,(H,17,20)(H,18,21)/t12-/m0/s1. The third kappa shape index (κ3) is 3.71. The van der Waals surface area contributed by atoms with Gasteiger partial charge in [-0.2, -0.15) is 0 Å². The van der Waals surface area contributed by atoms with Crippen molar-refractivity contribution in [3.05, 3.63) is 41.7 Å². The third-order valence-corrected chi connectivity index (χ3v) is 5.81. The summed E-state index contributed by atoms with van der Waals surface area (Å²) in [5, 5.41) is 3.90. The summed E-state index contributed by atoms with van der Waals surface area (Å²) in [7, 11) is -3.17. The van der Waals surface area contributed by atoms with Crippen LogP contribution in [0.3, 0.4) is 0 Å². The molecule has 0 aliphatic carbocycles. The number of carbonyl (C=O) groups is 2. The Morgan fingerprint density at radius 1 is 1.20 bits per heavy atom. The molecule has 1 aliphatic heterocycles. The van der Waals surface area contributed by atoms with Gasteiger partial charge in [0, 0.05) is 5.56 Å². The van der Waals surface area contributed by atoms with E-state index in [-0.39, 0.29) is 23.5 Å². The van der Waals surface area contributed by atoms with Gasteiger partial charge in [0.15, 0.2) is 9.84 Å². The molecule has 132 valence electrons. The van der Waals surface area contributed by atoms with E-state index in [1.54, 1.807) is 19.1 Å². The van der Waals surface area contributed by atoms with Gasteiger partial charge in [0.25, 0.3) is 5.91 Å². The van der Waals surface area contributed by atoms with Gasteiger partial charge >= 0.3 is 0 Å². The van der Waals surface area contributed by atoms with Gasteiger partial charge in [-0.3, -0.25) is 20.4 Å². The van der Waals surface area contributed by atoms with Crippen molar-refractivity contribution in [1.82, 2.24) is 16.0 Å². The average molecular weight is 363 g/mol. The second kappa shape index (κ2) is 6.67. The van der Waals surface area contributed by atoms with Gasteiger partial charge in [-0.1, -0.05) is 35.5 Å². The van der Waals surface area contributed by atoms with E-state index < -0.39 is 27.6 Å². The minimum absolute atomic E-state index is 0.0120. The van der Waals surface area contributed by atoms with E-state index in [0.717, 1.165) is 0 Å². The number of carbonyl (C=O) groups excluding carboxylic acids is 2. The van der Waals surface area contributed by atoms with E-state index in [1.165, 1.54) is 0 Å². The van der Waals surface area contributed by atoms with Gasteiger partial charge in [-0.25, -0.2) is 8.42 Å². The SMILES string of the molecule is Cc1onc(-c2ccccc2)c1C(=O)NNC(=O)[C@H]1CCS(=O)(=O)C1. The Balaban J connectivity index is 1.70. The number of aryl methyl sites for hydroxylation is 1. The molecule has 0 bridgehead atoms. The molecule has 1 aliphatic rings. The molecule has 3 rings (SSSR count). The summed E-state index contributed by atoms with van der Waals surface area (Å²) in [6.07, 6.45) is 0.256. The van der Waals surface area contributed by atoms with Crippen molar-refractivity contribution in [3.8, 4) is 11.3 Å². The molecule has 1 saturated heterocycles. The van der Waals surface area contributed by atoms with E-state index in [9.17, 15) is 18.0 Å². The highest BCUT2D eigenvalue weighted by atomic mass is 32.2. The van der Waals surface area contributed by atoms with Crippen LogP contribution < -0.4 is 10.9 Å². The molecule has 0 radical (unpaired) electrons. The summed E-state index contributed by atoms with van der Waals surface area (Å²) in [4.78, 5) is 24.4. The third-order valence-electron chi connectivity index (χ3n) is 4.04. The Morgan fingerprint density at radius 3 is 2.56 bits per heavy atom. The normalized spacial score (nSPS) is 18.7. The maximum atomic E-state index is 12.4. The lowest BCUT2D eigenvalue weighted by atomic mass is 10.1. The van der Waals surface area contributed by atoms with E-state index >= 15 is 0 Å². The van der Waals surface area contributed by atoms with Crippen LogP contribution in [0.5, 0.6) is 0 Å². The van der Waals surface area contributed by atoms with Crippen LogP contribution >= 0.6 is 0 Å². The number of sulfone groups is 1.